The Bertz CT molecular complexity index is 781. The van der Waals surface area contributed by atoms with E-state index >= 15 is 0 Å². The van der Waals surface area contributed by atoms with E-state index in [9.17, 15) is 4.79 Å². The van der Waals surface area contributed by atoms with E-state index in [0.29, 0.717) is 12.3 Å². The highest BCUT2D eigenvalue weighted by atomic mass is 16.4. The Morgan fingerprint density at radius 1 is 1.33 bits per heavy atom. The van der Waals surface area contributed by atoms with Crippen molar-refractivity contribution in [3.8, 4) is 0 Å². The molecular formula is C19H24N2O3. The van der Waals surface area contributed by atoms with Gasteiger partial charge in [0.15, 0.2) is 0 Å². The second-order valence-electron chi connectivity index (χ2n) is 6.92. The number of rotatable bonds is 4. The Kier molecular flexibility index (Phi) is 4.03. The largest absolute Gasteiger partial charge is 0.475 e. The van der Waals surface area contributed by atoms with Crippen molar-refractivity contribution in [2.75, 3.05) is 16.8 Å². The molecule has 1 aromatic heterocycles. The maximum Gasteiger partial charge on any atom is 0.371 e. The van der Waals surface area contributed by atoms with Crippen molar-refractivity contribution in [1.29, 1.82) is 0 Å². The third-order valence-electron chi connectivity index (χ3n) is 4.93. The number of benzene rings is 1. The summed E-state index contributed by atoms with van der Waals surface area (Å²) in [4.78, 5) is 13.3. The lowest BCUT2D eigenvalue weighted by Gasteiger charge is -2.43. The van der Waals surface area contributed by atoms with Crippen molar-refractivity contribution in [3.63, 3.8) is 0 Å². The molecule has 3 rings (SSSR count). The molecule has 2 N–H and O–H groups in total. The van der Waals surface area contributed by atoms with E-state index in [1.54, 1.807) is 6.07 Å². The van der Waals surface area contributed by atoms with Gasteiger partial charge in [-0.05, 0) is 62.6 Å². The second-order valence-corrected chi connectivity index (χ2v) is 6.92. The molecular weight excluding hydrogens is 304 g/mol. The number of anilines is 2. The maximum atomic E-state index is 11.0. The minimum Gasteiger partial charge on any atom is -0.475 e. The summed E-state index contributed by atoms with van der Waals surface area (Å²) in [5.41, 5.74) is 4.73. The Balaban J connectivity index is 1.96. The Labute approximate surface area is 142 Å². The van der Waals surface area contributed by atoms with Gasteiger partial charge >= 0.3 is 5.97 Å². The van der Waals surface area contributed by atoms with Crippen molar-refractivity contribution in [3.05, 3.63) is 46.9 Å². The van der Waals surface area contributed by atoms with Gasteiger partial charge in [-0.2, -0.15) is 0 Å². The fourth-order valence-electron chi connectivity index (χ4n) is 3.14. The van der Waals surface area contributed by atoms with Crippen LogP contribution in [-0.4, -0.2) is 23.2 Å². The van der Waals surface area contributed by atoms with Gasteiger partial charge in [-0.3, -0.25) is 0 Å². The molecule has 128 valence electrons. The number of aromatic carboxylic acids is 1. The summed E-state index contributed by atoms with van der Waals surface area (Å²) in [7, 11) is 0. The van der Waals surface area contributed by atoms with Crippen LogP contribution in [-0.2, 0) is 6.54 Å². The lowest BCUT2D eigenvalue weighted by molar-refractivity contribution is 0.0660. The quantitative estimate of drug-likeness (QED) is 0.881. The molecule has 1 unspecified atom stereocenters. The molecule has 1 atom stereocenters. The molecule has 1 aromatic carbocycles. The van der Waals surface area contributed by atoms with Crippen molar-refractivity contribution >= 4 is 17.3 Å². The number of carbonyl (C=O) groups is 1. The van der Waals surface area contributed by atoms with Crippen molar-refractivity contribution in [2.45, 2.75) is 46.2 Å². The maximum absolute atomic E-state index is 11.0. The number of hydrogen-bond donors (Lipinski definition) is 2. The van der Waals surface area contributed by atoms with Gasteiger partial charge in [-0.25, -0.2) is 4.79 Å². The SMILES string of the molecule is CCC1(C)CN(Cc2ccc(C(=O)O)o2)c2cc(C)c(C)cc2N1. The first-order valence-electron chi connectivity index (χ1n) is 8.28. The molecule has 2 aromatic rings. The van der Waals surface area contributed by atoms with Crippen LogP contribution in [0.5, 0.6) is 0 Å². The van der Waals surface area contributed by atoms with E-state index in [2.05, 4.69) is 50.0 Å². The fraction of sp³-hybridized carbons (Fsp3) is 0.421. The molecule has 2 heterocycles. The zero-order chi connectivity index (χ0) is 17.5. The molecule has 0 radical (unpaired) electrons. The monoisotopic (exact) mass is 328 g/mol. The van der Waals surface area contributed by atoms with Gasteiger partial charge in [0, 0.05) is 6.54 Å². The van der Waals surface area contributed by atoms with Gasteiger partial charge in [-0.1, -0.05) is 6.92 Å². The minimum atomic E-state index is -1.04. The molecule has 1 aliphatic rings. The summed E-state index contributed by atoms with van der Waals surface area (Å²) in [5, 5.41) is 12.7. The van der Waals surface area contributed by atoms with Crippen LogP contribution in [0.3, 0.4) is 0 Å². The number of carboxylic acid groups (broad SMARTS) is 1. The molecule has 5 nitrogen and oxygen atoms in total. The normalized spacial score (nSPS) is 19.8. The summed E-state index contributed by atoms with van der Waals surface area (Å²) in [6.45, 7) is 10.00. The fourth-order valence-corrected chi connectivity index (χ4v) is 3.14. The van der Waals surface area contributed by atoms with Crippen LogP contribution in [0.4, 0.5) is 11.4 Å². The van der Waals surface area contributed by atoms with E-state index in [1.807, 2.05) is 0 Å². The van der Waals surface area contributed by atoms with Crippen LogP contribution in [0.25, 0.3) is 0 Å². The Morgan fingerprint density at radius 3 is 2.67 bits per heavy atom. The summed E-state index contributed by atoms with van der Waals surface area (Å²) in [5.74, 6) is -0.387. The highest BCUT2D eigenvalue weighted by Gasteiger charge is 2.32. The van der Waals surface area contributed by atoms with Crippen molar-refractivity contribution in [2.24, 2.45) is 0 Å². The molecule has 24 heavy (non-hydrogen) atoms. The topological polar surface area (TPSA) is 65.7 Å². The van der Waals surface area contributed by atoms with Gasteiger partial charge in [-0.15, -0.1) is 0 Å². The van der Waals surface area contributed by atoms with Gasteiger partial charge < -0.3 is 19.7 Å². The van der Waals surface area contributed by atoms with Crippen LogP contribution in [0.2, 0.25) is 0 Å². The molecule has 0 bridgehead atoms. The summed E-state index contributed by atoms with van der Waals surface area (Å²) in [6, 6.07) is 7.64. The number of carboxylic acids is 1. The highest BCUT2D eigenvalue weighted by molar-refractivity contribution is 5.84. The van der Waals surface area contributed by atoms with E-state index in [-0.39, 0.29) is 11.3 Å². The zero-order valence-electron chi connectivity index (χ0n) is 14.6. The van der Waals surface area contributed by atoms with E-state index in [0.717, 1.165) is 24.3 Å². The number of aryl methyl sites for hydroxylation is 2. The van der Waals surface area contributed by atoms with Gasteiger partial charge in [0.1, 0.15) is 5.76 Å². The first-order valence-corrected chi connectivity index (χ1v) is 8.28. The van der Waals surface area contributed by atoms with Crippen molar-refractivity contribution in [1.82, 2.24) is 0 Å². The summed E-state index contributed by atoms with van der Waals surface area (Å²) < 4.78 is 5.46. The summed E-state index contributed by atoms with van der Waals surface area (Å²) in [6.07, 6.45) is 0.994. The predicted octanol–water partition coefficient (Wildman–Crippen LogP) is 4.20. The van der Waals surface area contributed by atoms with Crippen molar-refractivity contribution < 1.29 is 14.3 Å². The Morgan fingerprint density at radius 2 is 2.04 bits per heavy atom. The average molecular weight is 328 g/mol. The molecule has 5 heteroatoms. The molecule has 0 aliphatic carbocycles. The lowest BCUT2D eigenvalue weighted by atomic mass is 9.92. The second kappa shape index (κ2) is 5.89. The van der Waals surface area contributed by atoms with Gasteiger partial charge in [0.25, 0.3) is 0 Å². The predicted molar refractivity (Wildman–Crippen MR) is 95.0 cm³/mol. The smallest absolute Gasteiger partial charge is 0.371 e. The molecule has 0 saturated carbocycles. The van der Waals surface area contributed by atoms with E-state index in [1.165, 1.54) is 17.2 Å². The van der Waals surface area contributed by atoms with E-state index in [4.69, 9.17) is 9.52 Å². The first kappa shape index (κ1) is 16.4. The zero-order valence-corrected chi connectivity index (χ0v) is 14.6. The summed E-state index contributed by atoms with van der Waals surface area (Å²) >= 11 is 0. The number of furan rings is 1. The van der Waals surface area contributed by atoms with Gasteiger partial charge in [0.05, 0.1) is 23.5 Å². The number of fused-ring (bicyclic) bond motifs is 1. The molecule has 0 spiro atoms. The average Bonchev–Trinajstić information content (AvgIpc) is 2.98. The van der Waals surface area contributed by atoms with Crippen LogP contribution in [0.15, 0.2) is 28.7 Å². The molecule has 0 amide bonds. The van der Waals surface area contributed by atoms with Gasteiger partial charge in [0.2, 0.25) is 5.76 Å². The number of nitrogens with one attached hydrogen (secondary N) is 1. The molecule has 1 aliphatic heterocycles. The van der Waals surface area contributed by atoms with E-state index < -0.39 is 5.97 Å². The minimum absolute atomic E-state index is 0.0151. The van der Waals surface area contributed by atoms with Crippen LogP contribution in [0, 0.1) is 13.8 Å². The molecule has 0 fully saturated rings. The number of nitrogens with zero attached hydrogens (tertiary/aromatic N) is 1. The number of hydrogen-bond acceptors (Lipinski definition) is 4. The first-order chi connectivity index (χ1) is 11.3. The third kappa shape index (κ3) is 2.98. The standard InChI is InChI=1S/C19H24N2O3/c1-5-19(4)11-21(10-14-6-7-17(24-14)18(22)23)16-9-13(3)12(2)8-15(16)20-19/h6-9,20H,5,10-11H2,1-4H3,(H,22,23). The van der Waals surface area contributed by atoms with Crippen LogP contribution < -0.4 is 10.2 Å². The van der Waals surface area contributed by atoms with Crippen LogP contribution >= 0.6 is 0 Å². The third-order valence-corrected chi connectivity index (χ3v) is 4.93. The lowest BCUT2D eigenvalue weighted by Crippen LogP contribution is -2.50. The Hall–Kier alpha value is -2.43. The van der Waals surface area contributed by atoms with Crippen LogP contribution in [0.1, 0.15) is 47.7 Å². The highest BCUT2D eigenvalue weighted by Crippen LogP contribution is 2.38. The molecule has 0 saturated heterocycles.